The number of ketones is 1. The maximum absolute atomic E-state index is 13.7. The molecule has 4 heterocycles. The molecule has 0 unspecified atom stereocenters. The van der Waals surface area contributed by atoms with E-state index in [2.05, 4.69) is 69.8 Å². The molecule has 4 aliphatic heterocycles. The summed E-state index contributed by atoms with van der Waals surface area (Å²) in [6.07, 6.45) is 8.07. The van der Waals surface area contributed by atoms with Gasteiger partial charge in [0.15, 0.2) is 15.5 Å². The largest absolute Gasteiger partial charge is 0.484 e. The first kappa shape index (κ1) is 71.3. The molecule has 0 radical (unpaired) electrons. The lowest BCUT2D eigenvalue weighted by atomic mass is 10.0. The van der Waals surface area contributed by atoms with Crippen LogP contribution in [-0.2, 0) is 47.0 Å². The molecule has 0 bridgehead atoms. The molecular formula is C69H93Cl2N11O10S2. The maximum Gasteiger partial charge on any atom is 0.314 e. The maximum atomic E-state index is 13.7. The third-order valence-electron chi connectivity index (χ3n) is 19.4. The summed E-state index contributed by atoms with van der Waals surface area (Å²) < 4.78 is 82.3. The molecule has 94 heavy (non-hydrogen) atoms. The normalized spacial score (nSPS) is 22.7. The lowest BCUT2D eigenvalue weighted by Crippen LogP contribution is -2.42. The number of sulfonamides is 1. The van der Waals surface area contributed by atoms with E-state index in [1.807, 2.05) is 12.1 Å². The quantitative estimate of drug-likeness (QED) is 0.0319. The minimum atomic E-state index is -3.80. The first-order chi connectivity index (χ1) is 45.4. The Balaban J connectivity index is 0.528. The zero-order chi connectivity index (χ0) is 66.2. The zero-order valence-electron chi connectivity index (χ0n) is 54.5. The lowest BCUT2D eigenvalue weighted by Gasteiger charge is -2.32. The van der Waals surface area contributed by atoms with E-state index in [4.69, 9.17) is 48.7 Å². The standard InChI is InChI=1S/C69H93Cl2N11O10S2/c1-73-64-43-53(71)42-63-61(64)45-66(82-27-9-25-78(3)31-33-82)68(63)92-56-12-16-58(17-13-56)93(85,86)49-50-20-28-79(47-50)34-39-90-37-23-75-69(84)74-22-6-4-5-10-55(83)11-7-36-89-38-35-80-29-21-54(48-80)76-94(87,88)59-18-14-57(15-19-59)91-67-62-41-52(70)40-51(46-72)60(62)44-65(67)81-26-8-24-77(2)30-32-81/h12-19,40-43,50,54,65-68,76H,4-11,20-39,44-45,47-49H2,2-3H3,(H2,74,75,84)/t50-,54-,65-,66-,67-,68-/m0/s1. The number of sulfone groups is 1. The fraction of sp³-hybridized carbons (Fsp3) is 0.594. The number of carbonyl (C=O) groups excluding carboxylic acids is 2. The molecule has 0 saturated carbocycles. The van der Waals surface area contributed by atoms with Gasteiger partial charge in [-0.05, 0) is 212 Å². The summed E-state index contributed by atoms with van der Waals surface area (Å²) in [4.78, 5) is 43.2. The molecule has 4 aromatic rings. The van der Waals surface area contributed by atoms with Crippen molar-refractivity contribution in [3.8, 4) is 17.6 Å². The van der Waals surface area contributed by atoms with Gasteiger partial charge in [0.05, 0.1) is 65.7 Å². The number of halogens is 2. The van der Waals surface area contributed by atoms with Gasteiger partial charge in [-0.15, -0.1) is 0 Å². The number of unbranched alkanes of at least 4 members (excludes halogenated alkanes) is 2. The van der Waals surface area contributed by atoms with Gasteiger partial charge in [-0.2, -0.15) is 5.26 Å². The van der Waals surface area contributed by atoms with E-state index >= 15 is 0 Å². The molecule has 4 aromatic carbocycles. The van der Waals surface area contributed by atoms with Crippen LogP contribution in [0.1, 0.15) is 104 Å². The van der Waals surface area contributed by atoms with Crippen LogP contribution in [0.4, 0.5) is 10.5 Å². The molecule has 25 heteroatoms. The Morgan fingerprint density at radius 2 is 1.21 bits per heavy atom. The molecule has 0 spiro atoms. The summed E-state index contributed by atoms with van der Waals surface area (Å²) >= 11 is 13.0. The predicted molar refractivity (Wildman–Crippen MR) is 363 cm³/mol. The number of likely N-dealkylation sites (tertiary alicyclic amines) is 2. The number of nitrogens with zero attached hydrogens (tertiary/aromatic N) is 8. The first-order valence-electron chi connectivity index (χ1n) is 33.6. The van der Waals surface area contributed by atoms with Crippen molar-refractivity contribution >= 4 is 60.6 Å². The van der Waals surface area contributed by atoms with Crippen LogP contribution in [0.3, 0.4) is 0 Å². The van der Waals surface area contributed by atoms with Crippen molar-refractivity contribution in [2.24, 2.45) is 5.92 Å². The molecule has 4 fully saturated rings. The summed E-state index contributed by atoms with van der Waals surface area (Å²) in [5.41, 5.74) is 4.87. The van der Waals surface area contributed by atoms with Crippen molar-refractivity contribution in [2.75, 3.05) is 151 Å². The SMILES string of the molecule is [C-]#[N+]c1cc(Cl)cc2c1C[C@H](N1CCCN(C)CC1)[C@H]2Oc1ccc(S(=O)(=O)C[C@H]2CCN(CCOCCNC(=O)NCCCCCC(=O)CCCOCCN3CC[C@H](NS(=O)(=O)c4ccc(O[C@H]5c6cc(Cl)cc(C#N)c6C[C@@H]5N5CCCN(C)CC5)cc4)C3)C2)cc1. The van der Waals surface area contributed by atoms with Crippen molar-refractivity contribution < 1.29 is 45.4 Å². The highest BCUT2D eigenvalue weighted by atomic mass is 35.5. The number of hydrogen-bond donors (Lipinski definition) is 3. The highest BCUT2D eigenvalue weighted by Crippen LogP contribution is 2.45. The van der Waals surface area contributed by atoms with Gasteiger partial charge in [0.1, 0.15) is 29.5 Å². The van der Waals surface area contributed by atoms with Crippen LogP contribution in [0.25, 0.3) is 4.85 Å². The molecule has 21 nitrogen and oxygen atoms in total. The molecule has 10 rings (SSSR count). The predicted octanol–water partition coefficient (Wildman–Crippen LogP) is 8.17. The molecule has 2 amide bonds. The van der Waals surface area contributed by atoms with E-state index in [1.165, 1.54) is 0 Å². The molecule has 6 atom stereocenters. The van der Waals surface area contributed by atoms with Crippen molar-refractivity contribution in [2.45, 2.75) is 117 Å². The van der Waals surface area contributed by atoms with Crippen LogP contribution >= 0.6 is 23.2 Å². The highest BCUT2D eigenvalue weighted by Gasteiger charge is 2.42. The lowest BCUT2D eigenvalue weighted by molar-refractivity contribution is -0.119. The van der Waals surface area contributed by atoms with Gasteiger partial charge in [0.25, 0.3) is 0 Å². The molecule has 6 aliphatic rings. The molecule has 4 saturated heterocycles. The number of carbonyl (C=O) groups is 2. The van der Waals surface area contributed by atoms with Gasteiger partial charge in [0.2, 0.25) is 10.0 Å². The fourth-order valence-electron chi connectivity index (χ4n) is 14.2. The first-order valence-corrected chi connectivity index (χ1v) is 37.5. The minimum Gasteiger partial charge on any atom is -0.484 e. The Labute approximate surface area is 566 Å². The number of ether oxygens (including phenoxy) is 4. The zero-order valence-corrected chi connectivity index (χ0v) is 57.6. The van der Waals surface area contributed by atoms with E-state index in [9.17, 15) is 31.7 Å². The average Bonchev–Trinajstić information content (AvgIpc) is 1.62. The number of hydrogen-bond acceptors (Lipinski definition) is 17. The second-order valence-electron chi connectivity index (χ2n) is 26.2. The number of amides is 2. The monoisotopic (exact) mass is 1370 g/mol. The molecule has 510 valence electrons. The number of rotatable bonds is 31. The summed E-state index contributed by atoms with van der Waals surface area (Å²) in [5.74, 6) is 1.36. The third-order valence-corrected chi connectivity index (χ3v) is 23.2. The van der Waals surface area contributed by atoms with Gasteiger partial charge < -0.3 is 44.3 Å². The number of nitriles is 1. The Hall–Kier alpha value is -5.48. The summed E-state index contributed by atoms with van der Waals surface area (Å²) in [6.45, 7) is 22.1. The van der Waals surface area contributed by atoms with E-state index in [-0.39, 0.29) is 63.6 Å². The number of Topliss-reactive ketones (excluding diaryl/α,β-unsaturated/α-hetero) is 1. The van der Waals surface area contributed by atoms with Crippen LogP contribution in [0.2, 0.25) is 10.0 Å². The van der Waals surface area contributed by atoms with Crippen LogP contribution < -0.4 is 24.8 Å². The van der Waals surface area contributed by atoms with Gasteiger partial charge in [0, 0.05) is 101 Å². The van der Waals surface area contributed by atoms with E-state index in [1.54, 1.807) is 60.7 Å². The summed E-state index contributed by atoms with van der Waals surface area (Å²) in [6, 6.07) is 22.4. The Bertz CT molecular complexity index is 3300. The molecule has 0 aromatic heterocycles. The number of fused-ring (bicyclic) bond motifs is 2. The second kappa shape index (κ2) is 34.1. The third kappa shape index (κ3) is 19.6. The second-order valence-corrected chi connectivity index (χ2v) is 30.8. The molecule has 2 aliphatic carbocycles. The topological polar surface area (TPSA) is 223 Å². The van der Waals surface area contributed by atoms with Gasteiger partial charge >= 0.3 is 6.03 Å². The van der Waals surface area contributed by atoms with Crippen molar-refractivity contribution in [3.05, 3.63) is 122 Å². The summed E-state index contributed by atoms with van der Waals surface area (Å²) in [5, 5.41) is 16.6. The van der Waals surface area contributed by atoms with Gasteiger partial charge in [-0.3, -0.25) is 19.5 Å². The smallest absolute Gasteiger partial charge is 0.314 e. The van der Waals surface area contributed by atoms with Crippen LogP contribution in [0.15, 0.2) is 82.6 Å². The summed E-state index contributed by atoms with van der Waals surface area (Å²) in [7, 11) is -3.08. The molecular weight excluding hydrogens is 1280 g/mol. The number of nitrogens with one attached hydrogen (secondary N) is 3. The van der Waals surface area contributed by atoms with E-state index in [0.29, 0.717) is 137 Å². The number of urea groups is 1. The molecule has 3 N–H and O–H groups in total. The van der Waals surface area contributed by atoms with Crippen molar-refractivity contribution in [3.63, 3.8) is 0 Å². The minimum absolute atomic E-state index is 0.00114. The van der Waals surface area contributed by atoms with Crippen LogP contribution in [-0.4, -0.2) is 227 Å². The van der Waals surface area contributed by atoms with Crippen LogP contribution in [0, 0.1) is 23.8 Å². The van der Waals surface area contributed by atoms with Gasteiger partial charge in [-0.25, -0.2) is 31.2 Å². The fourth-order valence-corrected chi connectivity index (χ4v) is 17.6. The number of likely N-dealkylation sites (N-methyl/N-ethyl adjacent to an activating group) is 2. The Morgan fingerprint density at radius 1 is 0.638 bits per heavy atom. The average molecular weight is 1370 g/mol. The van der Waals surface area contributed by atoms with Crippen LogP contribution in [0.5, 0.6) is 11.5 Å². The van der Waals surface area contributed by atoms with E-state index in [0.717, 1.165) is 126 Å². The van der Waals surface area contributed by atoms with Gasteiger partial charge in [-0.1, -0.05) is 29.6 Å². The van der Waals surface area contributed by atoms with Crippen molar-refractivity contribution in [1.82, 2.24) is 44.8 Å². The number of benzene rings is 4. The van der Waals surface area contributed by atoms with Crippen molar-refractivity contribution in [1.29, 1.82) is 5.26 Å². The Kier molecular flexibility index (Phi) is 25.9. The van der Waals surface area contributed by atoms with E-state index < -0.39 is 19.9 Å². The highest BCUT2D eigenvalue weighted by molar-refractivity contribution is 7.91. The Morgan fingerprint density at radius 3 is 1.86 bits per heavy atom.